The van der Waals surface area contributed by atoms with Crippen LogP contribution in [0.5, 0.6) is 0 Å². The molecule has 0 radical (unpaired) electrons. The van der Waals surface area contributed by atoms with Gasteiger partial charge in [-0.2, -0.15) is 0 Å². The Bertz CT molecular complexity index is 289. The minimum Gasteiger partial charge on any atom is -0.390 e. The zero-order valence-corrected chi connectivity index (χ0v) is 8.37. The lowest BCUT2D eigenvalue weighted by Crippen LogP contribution is -2.32. The summed E-state index contributed by atoms with van der Waals surface area (Å²) in [6.45, 7) is 0.178. The van der Waals surface area contributed by atoms with Crippen LogP contribution in [0.25, 0.3) is 0 Å². The van der Waals surface area contributed by atoms with E-state index in [1.807, 2.05) is 6.07 Å². The average Bonchev–Trinajstić information content (AvgIpc) is 2.26. The minimum absolute atomic E-state index is 0.120. The molecule has 0 spiro atoms. The van der Waals surface area contributed by atoms with Gasteiger partial charge in [-0.3, -0.25) is 4.79 Å². The van der Waals surface area contributed by atoms with Gasteiger partial charge in [-0.15, -0.1) is 11.6 Å². The van der Waals surface area contributed by atoms with E-state index < -0.39 is 6.10 Å². The fourth-order valence-corrected chi connectivity index (χ4v) is 1.07. The van der Waals surface area contributed by atoms with Crippen LogP contribution in [0.4, 0.5) is 0 Å². The third-order valence-corrected chi connectivity index (χ3v) is 2.07. The monoisotopic (exact) mass is 213 g/mol. The molecule has 0 aliphatic rings. The van der Waals surface area contributed by atoms with Crippen LogP contribution < -0.4 is 5.32 Å². The molecule has 1 aromatic rings. The Morgan fingerprint density at radius 1 is 1.43 bits per heavy atom. The quantitative estimate of drug-likeness (QED) is 0.734. The van der Waals surface area contributed by atoms with Gasteiger partial charge in [0.05, 0.1) is 12.0 Å². The molecule has 0 saturated heterocycles. The largest absolute Gasteiger partial charge is 0.390 e. The van der Waals surface area contributed by atoms with E-state index in [0.29, 0.717) is 5.56 Å². The first kappa shape index (κ1) is 11.0. The van der Waals surface area contributed by atoms with Gasteiger partial charge in [0.25, 0.3) is 5.91 Å². The zero-order chi connectivity index (χ0) is 10.4. The van der Waals surface area contributed by atoms with Gasteiger partial charge >= 0.3 is 0 Å². The number of alkyl halides is 1. The SMILES string of the molecule is O=C(NC[C@@H](O)CCl)c1ccccc1. The van der Waals surface area contributed by atoms with Crippen LogP contribution in [-0.4, -0.2) is 29.5 Å². The number of hydrogen-bond donors (Lipinski definition) is 2. The highest BCUT2D eigenvalue weighted by molar-refractivity contribution is 6.18. The van der Waals surface area contributed by atoms with Gasteiger partial charge in [-0.1, -0.05) is 18.2 Å². The van der Waals surface area contributed by atoms with Crippen molar-refractivity contribution in [1.29, 1.82) is 0 Å². The average molecular weight is 214 g/mol. The topological polar surface area (TPSA) is 49.3 Å². The van der Waals surface area contributed by atoms with Crippen molar-refractivity contribution in [3.05, 3.63) is 35.9 Å². The van der Waals surface area contributed by atoms with Crippen LogP contribution in [0.1, 0.15) is 10.4 Å². The normalized spacial score (nSPS) is 12.1. The Morgan fingerprint density at radius 2 is 2.07 bits per heavy atom. The van der Waals surface area contributed by atoms with Crippen LogP contribution in [0.2, 0.25) is 0 Å². The molecule has 1 amide bonds. The molecule has 1 rings (SSSR count). The summed E-state index contributed by atoms with van der Waals surface area (Å²) in [6, 6.07) is 8.83. The lowest BCUT2D eigenvalue weighted by molar-refractivity contribution is 0.0925. The molecule has 0 bridgehead atoms. The summed E-state index contributed by atoms with van der Waals surface area (Å²) in [4.78, 5) is 11.4. The van der Waals surface area contributed by atoms with Crippen molar-refractivity contribution >= 4 is 17.5 Å². The van der Waals surface area contributed by atoms with E-state index in [0.717, 1.165) is 0 Å². The summed E-state index contributed by atoms with van der Waals surface area (Å²) in [5.74, 6) is -0.0792. The summed E-state index contributed by atoms with van der Waals surface area (Å²) >= 11 is 5.38. The summed E-state index contributed by atoms with van der Waals surface area (Å²) < 4.78 is 0. The van der Waals surface area contributed by atoms with Crippen molar-refractivity contribution in [3.8, 4) is 0 Å². The summed E-state index contributed by atoms with van der Waals surface area (Å²) in [5.41, 5.74) is 0.578. The van der Waals surface area contributed by atoms with Crippen molar-refractivity contribution in [3.63, 3.8) is 0 Å². The van der Waals surface area contributed by atoms with Gasteiger partial charge in [0.15, 0.2) is 0 Å². The third kappa shape index (κ3) is 3.36. The molecule has 1 atom stereocenters. The number of amides is 1. The second-order valence-electron chi connectivity index (χ2n) is 2.88. The lowest BCUT2D eigenvalue weighted by atomic mass is 10.2. The Labute approximate surface area is 87.7 Å². The first-order valence-corrected chi connectivity index (χ1v) is 4.84. The maximum absolute atomic E-state index is 11.4. The number of aliphatic hydroxyl groups is 1. The number of halogens is 1. The van der Waals surface area contributed by atoms with E-state index in [-0.39, 0.29) is 18.3 Å². The Kier molecular flexibility index (Phi) is 4.43. The predicted octanol–water partition coefficient (Wildman–Crippen LogP) is 1.02. The number of hydrogen-bond acceptors (Lipinski definition) is 2. The summed E-state index contributed by atoms with van der Waals surface area (Å²) in [6.07, 6.45) is -0.690. The Balaban J connectivity index is 2.44. The van der Waals surface area contributed by atoms with E-state index in [9.17, 15) is 4.79 Å². The minimum atomic E-state index is -0.690. The van der Waals surface area contributed by atoms with E-state index in [2.05, 4.69) is 5.32 Å². The molecule has 0 unspecified atom stereocenters. The first-order chi connectivity index (χ1) is 6.74. The summed E-state index contributed by atoms with van der Waals surface area (Å²) in [5, 5.41) is 11.7. The molecule has 76 valence electrons. The van der Waals surface area contributed by atoms with E-state index in [4.69, 9.17) is 16.7 Å². The fourth-order valence-electron chi connectivity index (χ4n) is 0.957. The molecule has 0 aliphatic carbocycles. The number of nitrogens with one attached hydrogen (secondary N) is 1. The van der Waals surface area contributed by atoms with Crippen LogP contribution in [-0.2, 0) is 0 Å². The molecule has 4 heteroatoms. The van der Waals surface area contributed by atoms with Gasteiger partial charge in [-0.25, -0.2) is 0 Å². The molecule has 0 aromatic heterocycles. The van der Waals surface area contributed by atoms with E-state index in [1.165, 1.54) is 0 Å². The van der Waals surface area contributed by atoms with Gasteiger partial charge < -0.3 is 10.4 Å². The molecule has 0 heterocycles. The molecule has 0 aliphatic heterocycles. The second-order valence-corrected chi connectivity index (χ2v) is 3.19. The van der Waals surface area contributed by atoms with Crippen LogP contribution in [0.3, 0.4) is 0 Å². The Morgan fingerprint density at radius 3 is 2.64 bits per heavy atom. The highest BCUT2D eigenvalue weighted by atomic mass is 35.5. The highest BCUT2D eigenvalue weighted by Gasteiger charge is 2.06. The highest BCUT2D eigenvalue weighted by Crippen LogP contribution is 1.97. The fraction of sp³-hybridized carbons (Fsp3) is 0.300. The maximum Gasteiger partial charge on any atom is 0.251 e. The maximum atomic E-state index is 11.4. The van der Waals surface area contributed by atoms with Crippen molar-refractivity contribution in [2.45, 2.75) is 6.10 Å². The van der Waals surface area contributed by atoms with Crippen molar-refractivity contribution in [2.75, 3.05) is 12.4 Å². The molecule has 1 aromatic carbocycles. The first-order valence-electron chi connectivity index (χ1n) is 4.31. The lowest BCUT2D eigenvalue weighted by Gasteiger charge is -2.08. The Hall–Kier alpha value is -1.06. The smallest absolute Gasteiger partial charge is 0.251 e. The van der Waals surface area contributed by atoms with Crippen LogP contribution >= 0.6 is 11.6 Å². The predicted molar refractivity (Wildman–Crippen MR) is 55.5 cm³/mol. The van der Waals surface area contributed by atoms with Crippen LogP contribution in [0, 0.1) is 0 Å². The van der Waals surface area contributed by atoms with Crippen molar-refractivity contribution in [1.82, 2.24) is 5.32 Å². The second kappa shape index (κ2) is 5.62. The van der Waals surface area contributed by atoms with Gasteiger partial charge in [0.1, 0.15) is 0 Å². The molecular formula is C10H12ClNO2. The van der Waals surface area contributed by atoms with Gasteiger partial charge in [-0.05, 0) is 12.1 Å². The number of carbonyl (C=O) groups is 1. The molecule has 0 saturated carbocycles. The van der Waals surface area contributed by atoms with Gasteiger partial charge in [0.2, 0.25) is 0 Å². The standard InChI is InChI=1S/C10H12ClNO2/c11-6-9(13)7-12-10(14)8-4-2-1-3-5-8/h1-5,9,13H,6-7H2,(H,12,14)/t9-/m0/s1. The molecular weight excluding hydrogens is 202 g/mol. The van der Waals surface area contributed by atoms with Crippen LogP contribution in [0.15, 0.2) is 30.3 Å². The molecule has 14 heavy (non-hydrogen) atoms. The molecule has 3 nitrogen and oxygen atoms in total. The van der Waals surface area contributed by atoms with Gasteiger partial charge in [0, 0.05) is 12.1 Å². The molecule has 2 N–H and O–H groups in total. The van der Waals surface area contributed by atoms with Crippen molar-refractivity contribution in [2.24, 2.45) is 0 Å². The number of rotatable bonds is 4. The van der Waals surface area contributed by atoms with E-state index >= 15 is 0 Å². The number of benzene rings is 1. The number of carbonyl (C=O) groups excluding carboxylic acids is 1. The molecule has 0 fully saturated rings. The zero-order valence-electron chi connectivity index (χ0n) is 7.61. The summed E-state index contributed by atoms with van der Waals surface area (Å²) in [7, 11) is 0. The number of aliphatic hydroxyl groups excluding tert-OH is 1. The third-order valence-electron chi connectivity index (χ3n) is 1.71. The van der Waals surface area contributed by atoms with E-state index in [1.54, 1.807) is 24.3 Å². The van der Waals surface area contributed by atoms with Crippen molar-refractivity contribution < 1.29 is 9.90 Å².